The summed E-state index contributed by atoms with van der Waals surface area (Å²) >= 11 is -1.10. The van der Waals surface area contributed by atoms with Gasteiger partial charge in [0.25, 0.3) is 0 Å². The van der Waals surface area contributed by atoms with E-state index in [-0.39, 0.29) is 18.6 Å². The summed E-state index contributed by atoms with van der Waals surface area (Å²) in [6.07, 6.45) is 3.19. The number of rotatable bonds is 10. The molecule has 0 aromatic heterocycles. The molecule has 1 heterocycles. The van der Waals surface area contributed by atoms with Crippen molar-refractivity contribution >= 4 is 54.2 Å². The van der Waals surface area contributed by atoms with E-state index in [0.717, 1.165) is 64.6 Å². The van der Waals surface area contributed by atoms with Crippen LogP contribution >= 0.6 is 20.1 Å². The van der Waals surface area contributed by atoms with Crippen molar-refractivity contribution in [1.29, 1.82) is 0 Å². The fraction of sp³-hybridized carbons (Fsp3) is 0.314. The van der Waals surface area contributed by atoms with Gasteiger partial charge in [-0.15, -0.1) is 0 Å². The maximum absolute atomic E-state index is 13.0. The third kappa shape index (κ3) is 8.55. The first-order chi connectivity index (χ1) is 20.9. The average molecular weight is 694 g/mol. The zero-order chi connectivity index (χ0) is 30.2. The number of fused-ring (bicyclic) bond motifs is 1. The third-order valence-electron chi connectivity index (χ3n) is 7.73. The van der Waals surface area contributed by atoms with Gasteiger partial charge in [-0.2, -0.15) is 0 Å². The molecular weight excluding hydrogens is 653 g/mol. The summed E-state index contributed by atoms with van der Waals surface area (Å²) in [7, 11) is 0. The summed E-state index contributed by atoms with van der Waals surface area (Å²) in [4.78, 5) is 30.4. The molecule has 3 N–H and O–H groups in total. The topological polar surface area (TPSA) is 90.9 Å². The fourth-order valence-corrected chi connectivity index (χ4v) is 7.99. The Morgan fingerprint density at radius 2 is 1.70 bits per heavy atom. The molecule has 1 aliphatic heterocycles. The average Bonchev–Trinajstić information content (AvgIpc) is 3.01. The molecule has 1 fully saturated rings. The van der Waals surface area contributed by atoms with E-state index >= 15 is 0 Å². The van der Waals surface area contributed by atoms with E-state index in [1.54, 1.807) is 0 Å². The number of aryl methyl sites for hydroxylation is 1. The van der Waals surface area contributed by atoms with Crippen molar-refractivity contribution in [3.05, 3.63) is 96.1 Å². The second-order valence-electron chi connectivity index (χ2n) is 11.1. The zero-order valence-corrected chi connectivity index (χ0v) is 27.0. The van der Waals surface area contributed by atoms with Crippen LogP contribution in [0.5, 0.6) is 0 Å². The summed E-state index contributed by atoms with van der Waals surface area (Å²) in [5.74, 6) is -0.0412. The number of carbonyl (C=O) groups is 2. The number of nitrogens with zero attached hydrogens (tertiary/aromatic N) is 1. The minimum absolute atomic E-state index is 0.00409. The van der Waals surface area contributed by atoms with Gasteiger partial charge in [0.2, 0.25) is 5.91 Å². The number of ether oxygens (including phenoxy) is 1. The van der Waals surface area contributed by atoms with Gasteiger partial charge in [-0.05, 0) is 34.5 Å². The number of nitrogens with one attached hydrogen (secondary N) is 2. The van der Waals surface area contributed by atoms with Gasteiger partial charge in [0.05, 0.1) is 6.61 Å². The summed E-state index contributed by atoms with van der Waals surface area (Å²) in [6.45, 7) is 1.93. The van der Waals surface area contributed by atoms with E-state index in [2.05, 4.69) is 29.7 Å². The third-order valence-corrected chi connectivity index (χ3v) is 11.3. The molecular formula is C35H40IN3O4. The number of piperidine rings is 1. The van der Waals surface area contributed by atoms with E-state index in [0.29, 0.717) is 24.9 Å². The molecule has 0 spiro atoms. The van der Waals surface area contributed by atoms with Crippen molar-refractivity contribution < 1.29 is 19.4 Å². The monoisotopic (exact) mass is 693 g/mol. The summed E-state index contributed by atoms with van der Waals surface area (Å²) in [5, 5.41) is 17.4. The zero-order valence-electron chi connectivity index (χ0n) is 24.8. The molecule has 0 bridgehead atoms. The molecule has 0 radical (unpaired) electrons. The number of halogens is 1. The fourth-order valence-electron chi connectivity index (χ4n) is 5.46. The maximum atomic E-state index is 13.0. The Balaban J connectivity index is 1.21. The second kappa shape index (κ2) is 14.8. The number of aliphatic hydroxyl groups is 1. The van der Waals surface area contributed by atoms with E-state index < -0.39 is 26.2 Å². The number of benzene rings is 4. The van der Waals surface area contributed by atoms with Gasteiger partial charge in [-0.25, -0.2) is 0 Å². The van der Waals surface area contributed by atoms with Crippen molar-refractivity contribution in [3.8, 4) is 11.1 Å². The number of anilines is 2. The molecule has 1 saturated heterocycles. The SMILES string of the molecule is CI(C)N1CCCC(OC(=O)Nc2cc(CCCC(=O)Nc3ccc4cc(CO)ccc4c3)ccc2-c2ccccc2)C1. The number of aliphatic hydroxyl groups excluding tert-OH is 1. The quantitative estimate of drug-likeness (QED) is 0.0902. The van der Waals surface area contributed by atoms with Crippen LogP contribution in [0.4, 0.5) is 16.2 Å². The van der Waals surface area contributed by atoms with Crippen molar-refractivity contribution in [1.82, 2.24) is 3.11 Å². The summed E-state index contributed by atoms with van der Waals surface area (Å²) < 4.78 is 8.39. The van der Waals surface area contributed by atoms with Gasteiger partial charge in [0.1, 0.15) is 0 Å². The molecule has 43 heavy (non-hydrogen) atoms. The van der Waals surface area contributed by atoms with Crippen LogP contribution in [0, 0.1) is 0 Å². The normalized spacial score (nSPS) is 15.6. The van der Waals surface area contributed by atoms with Crippen molar-refractivity contribution in [2.45, 2.75) is 44.8 Å². The van der Waals surface area contributed by atoms with Crippen LogP contribution in [0.2, 0.25) is 0 Å². The first-order valence-corrected chi connectivity index (χ1v) is 20.0. The van der Waals surface area contributed by atoms with Crippen LogP contribution < -0.4 is 10.6 Å². The minimum atomic E-state index is -1.10. The molecule has 8 heteroatoms. The Labute approximate surface area is 261 Å². The van der Waals surface area contributed by atoms with Gasteiger partial charge in [0.15, 0.2) is 0 Å². The molecule has 4 aromatic rings. The molecule has 5 rings (SSSR count). The molecule has 7 nitrogen and oxygen atoms in total. The number of hydrogen-bond donors (Lipinski definition) is 3. The molecule has 0 aliphatic carbocycles. The van der Waals surface area contributed by atoms with Gasteiger partial charge in [-0.1, -0.05) is 18.2 Å². The van der Waals surface area contributed by atoms with Crippen molar-refractivity contribution in [2.24, 2.45) is 0 Å². The van der Waals surface area contributed by atoms with Gasteiger partial charge in [-0.3, -0.25) is 4.79 Å². The predicted octanol–water partition coefficient (Wildman–Crippen LogP) is 7.65. The van der Waals surface area contributed by atoms with Crippen LogP contribution in [0.15, 0.2) is 84.9 Å². The van der Waals surface area contributed by atoms with Crippen molar-refractivity contribution in [3.63, 3.8) is 0 Å². The van der Waals surface area contributed by atoms with E-state index in [1.165, 1.54) is 0 Å². The molecule has 1 aliphatic rings. The van der Waals surface area contributed by atoms with Crippen LogP contribution in [0.25, 0.3) is 21.9 Å². The standard InChI is InChI=1S/C35H40IN3O4/c1-36(2)39-19-7-11-31(23-39)43-35(42)38-33-21-25(14-18-32(33)27-9-4-3-5-10-27)8-6-12-34(41)37-30-17-16-28-20-26(24-40)13-15-29(28)22-30/h3-5,9-10,13-18,20-22,31,40H,6-8,11-12,19,23-24H2,1-2H3,(H,37,41)(H,38,42). The van der Waals surface area contributed by atoms with E-state index in [4.69, 9.17) is 4.74 Å². The van der Waals surface area contributed by atoms with Crippen LogP contribution in [0.3, 0.4) is 0 Å². The molecule has 1 atom stereocenters. The first kappa shape index (κ1) is 31.0. The molecule has 226 valence electrons. The van der Waals surface area contributed by atoms with Gasteiger partial charge < -0.3 is 10.4 Å². The van der Waals surface area contributed by atoms with Crippen LogP contribution in [0.1, 0.15) is 36.8 Å². The number of alkyl halides is 2. The predicted molar refractivity (Wildman–Crippen MR) is 184 cm³/mol. The Morgan fingerprint density at radius 1 is 0.930 bits per heavy atom. The number of amides is 2. The molecule has 2 amide bonds. The van der Waals surface area contributed by atoms with Crippen LogP contribution in [-0.2, 0) is 22.6 Å². The van der Waals surface area contributed by atoms with Gasteiger partial charge >= 0.3 is 176 Å². The first-order valence-electron chi connectivity index (χ1n) is 14.7. The number of carbonyl (C=O) groups excluding carboxylic acids is 2. The van der Waals surface area contributed by atoms with Gasteiger partial charge in [0, 0.05) is 5.69 Å². The molecule has 1 unspecified atom stereocenters. The second-order valence-corrected chi connectivity index (χ2v) is 16.5. The van der Waals surface area contributed by atoms with E-state index in [1.807, 2.05) is 78.9 Å². The Hall–Kier alpha value is -3.47. The van der Waals surface area contributed by atoms with Crippen LogP contribution in [-0.4, -0.2) is 49.3 Å². The summed E-state index contributed by atoms with van der Waals surface area (Å²) in [6, 6.07) is 27.7. The number of hydrogen-bond acceptors (Lipinski definition) is 5. The summed E-state index contributed by atoms with van der Waals surface area (Å²) in [5.41, 5.74) is 5.32. The Kier molecular flexibility index (Phi) is 10.7. The van der Waals surface area contributed by atoms with Crippen molar-refractivity contribution in [2.75, 3.05) is 33.6 Å². The van der Waals surface area contributed by atoms with E-state index in [9.17, 15) is 14.7 Å². The Morgan fingerprint density at radius 3 is 2.49 bits per heavy atom. The Bertz CT molecular complexity index is 1560. The molecule has 4 aromatic carbocycles. The molecule has 0 saturated carbocycles.